The molecule has 0 bridgehead atoms. The highest BCUT2D eigenvalue weighted by atomic mass is 35.5. The predicted octanol–water partition coefficient (Wildman–Crippen LogP) is 0.430. The summed E-state index contributed by atoms with van der Waals surface area (Å²) in [5.74, 6) is 1.18. The third-order valence-electron chi connectivity index (χ3n) is 3.23. The molecular formula is C10H18ClN3O2S. The van der Waals surface area contributed by atoms with E-state index in [4.69, 9.17) is 5.73 Å². The first kappa shape index (κ1) is 14.6. The molecule has 2 fully saturated rings. The quantitative estimate of drug-likeness (QED) is 0.769. The fraction of sp³-hybridized carbons (Fsp3) is 0.800. The smallest absolute Gasteiger partial charge is 0.279 e. The molecule has 7 heteroatoms. The molecule has 17 heavy (non-hydrogen) atoms. The first-order chi connectivity index (χ1) is 7.70. The normalized spacial score (nSPS) is 25.4. The van der Waals surface area contributed by atoms with Gasteiger partial charge in [0.15, 0.2) is 0 Å². The Labute approximate surface area is 111 Å². The molecule has 5 nitrogen and oxygen atoms in total. The van der Waals surface area contributed by atoms with Crippen LogP contribution in [-0.4, -0.2) is 47.5 Å². The van der Waals surface area contributed by atoms with Crippen molar-refractivity contribution < 1.29 is 9.59 Å². The minimum Gasteiger partial charge on any atom is -0.341 e. The molecule has 0 aromatic carbocycles. The van der Waals surface area contributed by atoms with Gasteiger partial charge < -0.3 is 16.0 Å². The van der Waals surface area contributed by atoms with Crippen molar-refractivity contribution in [3.8, 4) is 0 Å². The van der Waals surface area contributed by atoms with Gasteiger partial charge in [-0.1, -0.05) is 11.8 Å². The van der Waals surface area contributed by atoms with Crippen LogP contribution in [0.15, 0.2) is 0 Å². The van der Waals surface area contributed by atoms with Gasteiger partial charge in [0.1, 0.15) is 6.04 Å². The van der Waals surface area contributed by atoms with Crippen molar-refractivity contribution in [1.29, 1.82) is 0 Å². The lowest BCUT2D eigenvalue weighted by Crippen LogP contribution is -2.49. The maximum Gasteiger partial charge on any atom is 0.279 e. The lowest BCUT2D eigenvalue weighted by atomic mass is 9.97. The van der Waals surface area contributed by atoms with Crippen molar-refractivity contribution in [3.05, 3.63) is 0 Å². The zero-order valence-electron chi connectivity index (χ0n) is 9.55. The van der Waals surface area contributed by atoms with Crippen molar-refractivity contribution >= 4 is 35.3 Å². The monoisotopic (exact) mass is 279 g/mol. The number of hydrogen-bond acceptors (Lipinski definition) is 4. The molecule has 0 aromatic heterocycles. The molecule has 0 aromatic rings. The van der Waals surface area contributed by atoms with Crippen LogP contribution < -0.4 is 11.1 Å². The van der Waals surface area contributed by atoms with Crippen molar-refractivity contribution in [1.82, 2.24) is 10.2 Å². The number of hydrogen-bond donors (Lipinski definition) is 2. The number of carbonyl (C=O) groups is 2. The first-order valence-corrected chi connectivity index (χ1v) is 6.61. The summed E-state index contributed by atoms with van der Waals surface area (Å²) in [6, 6.07) is -0.313. The second kappa shape index (κ2) is 6.47. The van der Waals surface area contributed by atoms with Crippen LogP contribution in [0.25, 0.3) is 0 Å². The summed E-state index contributed by atoms with van der Waals surface area (Å²) in [5, 5.41) is 2.60. The van der Waals surface area contributed by atoms with E-state index in [2.05, 4.69) is 5.32 Å². The number of nitrogens with zero attached hydrogens (tertiary/aromatic N) is 1. The Morgan fingerprint density at radius 3 is 2.59 bits per heavy atom. The lowest BCUT2D eigenvalue weighted by molar-refractivity contribution is -0.133. The third-order valence-corrected chi connectivity index (χ3v) is 4.11. The van der Waals surface area contributed by atoms with Crippen LogP contribution in [0.5, 0.6) is 0 Å². The van der Waals surface area contributed by atoms with Crippen LogP contribution in [0.4, 0.5) is 4.79 Å². The standard InChI is InChI=1S/C10H17N3O2S.ClH/c11-5-7-1-3-13(4-2-7)9(14)8-6-16-10(15)12-8;/h7-8H,1-6,11H2,(H,12,15);1H/t8-;/m0./s1. The largest absolute Gasteiger partial charge is 0.341 e. The first-order valence-electron chi connectivity index (χ1n) is 5.63. The molecule has 2 rings (SSSR count). The molecule has 2 saturated heterocycles. The minimum atomic E-state index is -0.313. The number of likely N-dealkylation sites (tertiary alicyclic amines) is 1. The highest BCUT2D eigenvalue weighted by molar-refractivity contribution is 8.14. The summed E-state index contributed by atoms with van der Waals surface area (Å²) in [4.78, 5) is 24.9. The van der Waals surface area contributed by atoms with Gasteiger partial charge in [-0.2, -0.15) is 0 Å². The summed E-state index contributed by atoms with van der Waals surface area (Å²) in [7, 11) is 0. The van der Waals surface area contributed by atoms with E-state index >= 15 is 0 Å². The van der Waals surface area contributed by atoms with E-state index in [0.717, 1.165) is 25.9 Å². The average Bonchev–Trinajstić information content (AvgIpc) is 2.75. The van der Waals surface area contributed by atoms with Crippen molar-refractivity contribution in [2.24, 2.45) is 11.7 Å². The van der Waals surface area contributed by atoms with Crippen LogP contribution in [0.3, 0.4) is 0 Å². The van der Waals surface area contributed by atoms with E-state index in [1.54, 1.807) is 0 Å². The molecule has 0 saturated carbocycles. The molecule has 0 unspecified atom stereocenters. The zero-order chi connectivity index (χ0) is 11.5. The van der Waals surface area contributed by atoms with E-state index in [1.165, 1.54) is 11.8 Å². The van der Waals surface area contributed by atoms with Gasteiger partial charge >= 0.3 is 0 Å². The Morgan fingerprint density at radius 1 is 1.47 bits per heavy atom. The summed E-state index contributed by atoms with van der Waals surface area (Å²) < 4.78 is 0. The number of amides is 2. The zero-order valence-corrected chi connectivity index (χ0v) is 11.2. The molecule has 2 amide bonds. The fourth-order valence-electron chi connectivity index (χ4n) is 2.13. The van der Waals surface area contributed by atoms with Crippen LogP contribution >= 0.6 is 24.2 Å². The fourth-order valence-corrected chi connectivity index (χ4v) is 2.90. The molecule has 2 heterocycles. The second-order valence-electron chi connectivity index (χ2n) is 4.30. The Bertz CT molecular complexity index is 295. The van der Waals surface area contributed by atoms with Gasteiger partial charge in [0.2, 0.25) is 5.91 Å². The number of piperidine rings is 1. The molecule has 0 radical (unpaired) electrons. The van der Waals surface area contributed by atoms with E-state index in [-0.39, 0.29) is 29.6 Å². The van der Waals surface area contributed by atoms with Gasteiger partial charge in [0, 0.05) is 18.8 Å². The molecule has 3 N–H and O–H groups in total. The number of carbonyl (C=O) groups excluding carboxylic acids is 2. The third kappa shape index (κ3) is 3.50. The van der Waals surface area contributed by atoms with Gasteiger partial charge in [0.25, 0.3) is 5.24 Å². The topological polar surface area (TPSA) is 75.4 Å². The summed E-state index contributed by atoms with van der Waals surface area (Å²) in [5.41, 5.74) is 5.60. The van der Waals surface area contributed by atoms with Gasteiger partial charge in [-0.05, 0) is 25.3 Å². The summed E-state index contributed by atoms with van der Waals surface area (Å²) in [6.45, 7) is 2.26. The maximum absolute atomic E-state index is 12.0. The Balaban J connectivity index is 0.00000144. The SMILES string of the molecule is Cl.NCC1CCN(C(=O)[C@@H]2CSC(=O)N2)CC1. The van der Waals surface area contributed by atoms with Gasteiger partial charge in [-0.15, -0.1) is 12.4 Å². The Morgan fingerprint density at radius 2 is 2.12 bits per heavy atom. The highest BCUT2D eigenvalue weighted by Gasteiger charge is 2.32. The van der Waals surface area contributed by atoms with Gasteiger partial charge in [-0.3, -0.25) is 9.59 Å². The van der Waals surface area contributed by atoms with E-state index in [1.807, 2.05) is 4.90 Å². The van der Waals surface area contributed by atoms with Crippen LogP contribution in [0, 0.1) is 5.92 Å². The van der Waals surface area contributed by atoms with Crippen LogP contribution in [0.1, 0.15) is 12.8 Å². The maximum atomic E-state index is 12.0. The lowest BCUT2D eigenvalue weighted by Gasteiger charge is -2.32. The number of thioether (sulfide) groups is 1. The molecule has 0 aliphatic carbocycles. The van der Waals surface area contributed by atoms with Crippen LogP contribution in [0.2, 0.25) is 0 Å². The molecule has 2 aliphatic heterocycles. The van der Waals surface area contributed by atoms with E-state index in [9.17, 15) is 9.59 Å². The number of nitrogens with two attached hydrogens (primary N) is 1. The average molecular weight is 280 g/mol. The number of halogens is 1. The van der Waals surface area contributed by atoms with E-state index < -0.39 is 0 Å². The highest BCUT2D eigenvalue weighted by Crippen LogP contribution is 2.19. The number of nitrogens with one attached hydrogen (secondary N) is 1. The second-order valence-corrected chi connectivity index (χ2v) is 5.29. The Hall–Kier alpha value is -0.460. The molecule has 0 spiro atoms. The number of rotatable bonds is 2. The van der Waals surface area contributed by atoms with Gasteiger partial charge in [0.05, 0.1) is 0 Å². The predicted molar refractivity (Wildman–Crippen MR) is 70.4 cm³/mol. The van der Waals surface area contributed by atoms with Crippen LogP contribution in [-0.2, 0) is 4.79 Å². The van der Waals surface area contributed by atoms with Gasteiger partial charge in [-0.25, -0.2) is 0 Å². The molecule has 1 atom stereocenters. The van der Waals surface area contributed by atoms with Crippen molar-refractivity contribution in [3.63, 3.8) is 0 Å². The molecule has 98 valence electrons. The molecule has 2 aliphatic rings. The van der Waals surface area contributed by atoms with E-state index in [0.29, 0.717) is 18.2 Å². The minimum absolute atomic E-state index is 0. The van der Waals surface area contributed by atoms with Crippen molar-refractivity contribution in [2.45, 2.75) is 18.9 Å². The summed E-state index contributed by atoms with van der Waals surface area (Å²) >= 11 is 1.19. The summed E-state index contributed by atoms with van der Waals surface area (Å²) in [6.07, 6.45) is 1.96. The van der Waals surface area contributed by atoms with Crippen molar-refractivity contribution in [2.75, 3.05) is 25.4 Å². The Kier molecular flexibility index (Phi) is 5.55. The molecular weight excluding hydrogens is 262 g/mol.